The molecule has 3 aromatic rings. The summed E-state index contributed by atoms with van der Waals surface area (Å²) in [6, 6.07) is 23.7. The average molecular weight is 530 g/mol. The van der Waals surface area contributed by atoms with Crippen LogP contribution in [0, 0.1) is 0 Å². The predicted molar refractivity (Wildman–Crippen MR) is 126 cm³/mol. The van der Waals surface area contributed by atoms with E-state index in [-0.39, 0.29) is 11.5 Å². The monoisotopic (exact) mass is 529 g/mol. The maximum absolute atomic E-state index is 13.2. The van der Waals surface area contributed by atoms with Crippen LogP contribution >= 0.6 is 0 Å². The first-order chi connectivity index (χ1) is 16.4. The smallest absolute Gasteiger partial charge is 0.420 e. The molecule has 6 nitrogen and oxygen atoms in total. The fourth-order valence-corrected chi connectivity index (χ4v) is 5.32. The molecule has 0 heterocycles. The largest absolute Gasteiger partial charge is 0.489 e. The highest BCUT2D eigenvalue weighted by Gasteiger charge is 2.50. The summed E-state index contributed by atoms with van der Waals surface area (Å²) in [5, 5.41) is 9.82. The van der Waals surface area contributed by atoms with Crippen LogP contribution in [0.2, 0.25) is 0 Å². The normalized spacial score (nSPS) is 13.9. The summed E-state index contributed by atoms with van der Waals surface area (Å²) in [5.41, 5.74) is -3.13. The van der Waals surface area contributed by atoms with Gasteiger partial charge in [-0.2, -0.15) is 21.6 Å². The van der Waals surface area contributed by atoms with Crippen molar-refractivity contribution < 1.29 is 40.7 Å². The van der Waals surface area contributed by atoms with Crippen LogP contribution in [0.1, 0.15) is 6.92 Å². The first-order valence-corrected chi connectivity index (χ1v) is 13.2. The molecule has 0 saturated carbocycles. The lowest BCUT2D eigenvalue weighted by atomic mass is 10.1. The standard InChI is InChI=1S/C24H23F3O6S2/c1-23(28,24(25,26)27)17-33-22-16-20(12-13-21(22)32-14-15-35(29,30)31)34(18-8-4-2-5-9-18)19-10-6-3-7-11-19/h2-13,16,28H,14-15,17H2,1H3/p+1. The maximum Gasteiger partial charge on any atom is 0.420 e. The van der Waals surface area contributed by atoms with Crippen molar-refractivity contribution in [2.75, 3.05) is 19.0 Å². The fraction of sp³-hybridized carbons (Fsp3) is 0.250. The molecule has 1 atom stereocenters. The second-order valence-electron chi connectivity index (χ2n) is 7.74. The summed E-state index contributed by atoms with van der Waals surface area (Å²) in [7, 11) is -4.96. The highest BCUT2D eigenvalue weighted by atomic mass is 32.2. The summed E-state index contributed by atoms with van der Waals surface area (Å²) >= 11 is 0. The van der Waals surface area contributed by atoms with Crippen molar-refractivity contribution in [3.05, 3.63) is 78.9 Å². The minimum Gasteiger partial charge on any atom is -0.489 e. The van der Waals surface area contributed by atoms with E-state index in [0.717, 1.165) is 9.79 Å². The van der Waals surface area contributed by atoms with Gasteiger partial charge in [0, 0.05) is 6.07 Å². The molecule has 188 valence electrons. The molecule has 0 saturated heterocycles. The Balaban J connectivity index is 2.01. The zero-order chi connectivity index (χ0) is 25.7. The number of benzene rings is 3. The quantitative estimate of drug-likeness (QED) is 0.291. The van der Waals surface area contributed by atoms with E-state index >= 15 is 0 Å². The Morgan fingerprint density at radius 3 is 1.86 bits per heavy atom. The van der Waals surface area contributed by atoms with Crippen molar-refractivity contribution in [3.8, 4) is 11.5 Å². The number of aliphatic hydroxyl groups is 1. The third-order valence-electron chi connectivity index (χ3n) is 4.83. The van der Waals surface area contributed by atoms with Crippen LogP contribution in [0.4, 0.5) is 13.2 Å². The van der Waals surface area contributed by atoms with E-state index in [1.807, 2.05) is 60.7 Å². The Labute approximate surface area is 204 Å². The SMILES string of the molecule is CC(O)(COc1cc([S+](c2ccccc2)c2ccccc2)ccc1OCCS(=O)(=O)O)C(F)(F)F. The third kappa shape index (κ3) is 7.38. The van der Waals surface area contributed by atoms with Crippen molar-refractivity contribution >= 4 is 21.0 Å². The van der Waals surface area contributed by atoms with Crippen molar-refractivity contribution in [1.29, 1.82) is 0 Å². The van der Waals surface area contributed by atoms with Gasteiger partial charge in [0.15, 0.2) is 31.8 Å². The Hall–Kier alpha value is -2.73. The van der Waals surface area contributed by atoms with Gasteiger partial charge in [-0.3, -0.25) is 4.55 Å². The van der Waals surface area contributed by atoms with Crippen LogP contribution in [0.3, 0.4) is 0 Å². The highest BCUT2D eigenvalue weighted by molar-refractivity contribution is 7.97. The van der Waals surface area contributed by atoms with Gasteiger partial charge in [-0.05, 0) is 43.3 Å². The Morgan fingerprint density at radius 1 is 0.829 bits per heavy atom. The molecule has 0 radical (unpaired) electrons. The van der Waals surface area contributed by atoms with E-state index in [4.69, 9.17) is 14.0 Å². The molecular formula is C24H24F3O6S2+. The van der Waals surface area contributed by atoms with Crippen LogP contribution in [0.5, 0.6) is 11.5 Å². The van der Waals surface area contributed by atoms with Gasteiger partial charge in [-0.15, -0.1) is 0 Å². The van der Waals surface area contributed by atoms with Gasteiger partial charge in [0.05, 0.1) is 10.9 Å². The van der Waals surface area contributed by atoms with Gasteiger partial charge in [0.2, 0.25) is 0 Å². The number of rotatable bonds is 10. The predicted octanol–water partition coefficient (Wildman–Crippen LogP) is 4.74. The first-order valence-electron chi connectivity index (χ1n) is 10.4. The maximum atomic E-state index is 13.2. The lowest BCUT2D eigenvalue weighted by Crippen LogP contribution is -2.47. The van der Waals surface area contributed by atoms with E-state index in [1.165, 1.54) is 12.1 Å². The van der Waals surface area contributed by atoms with Gasteiger partial charge in [0.25, 0.3) is 10.1 Å². The van der Waals surface area contributed by atoms with Crippen LogP contribution in [0.25, 0.3) is 0 Å². The molecule has 3 rings (SSSR count). The Bertz CT molecular complexity index is 1180. The number of halogens is 3. The Kier molecular flexibility index (Phi) is 8.37. The third-order valence-corrected chi connectivity index (χ3v) is 7.72. The molecule has 0 fully saturated rings. The summed E-state index contributed by atoms with van der Waals surface area (Å²) in [6.45, 7) is -0.972. The molecule has 0 aliphatic heterocycles. The molecular weight excluding hydrogens is 505 g/mol. The summed E-state index contributed by atoms with van der Waals surface area (Å²) in [6.07, 6.45) is -4.94. The van der Waals surface area contributed by atoms with Crippen molar-refractivity contribution in [3.63, 3.8) is 0 Å². The van der Waals surface area contributed by atoms with E-state index in [9.17, 15) is 26.7 Å². The van der Waals surface area contributed by atoms with Crippen LogP contribution in [0.15, 0.2) is 93.5 Å². The molecule has 1 unspecified atom stereocenters. The number of ether oxygens (including phenoxy) is 2. The van der Waals surface area contributed by atoms with Crippen molar-refractivity contribution in [1.82, 2.24) is 0 Å². The second-order valence-corrected chi connectivity index (χ2v) is 11.3. The lowest BCUT2D eigenvalue weighted by molar-refractivity contribution is -0.260. The van der Waals surface area contributed by atoms with E-state index in [0.29, 0.717) is 11.8 Å². The molecule has 11 heteroatoms. The molecule has 0 amide bonds. The van der Waals surface area contributed by atoms with E-state index < -0.39 is 51.8 Å². The van der Waals surface area contributed by atoms with Gasteiger partial charge in [-0.1, -0.05) is 36.4 Å². The molecule has 0 spiro atoms. The van der Waals surface area contributed by atoms with Crippen molar-refractivity contribution in [2.45, 2.75) is 33.4 Å². The first kappa shape index (κ1) is 26.9. The number of hydrogen-bond acceptors (Lipinski definition) is 5. The fourth-order valence-electron chi connectivity index (χ4n) is 2.93. The molecule has 2 N–H and O–H groups in total. The Morgan fingerprint density at radius 2 is 1.37 bits per heavy atom. The van der Waals surface area contributed by atoms with Crippen LogP contribution in [-0.2, 0) is 21.0 Å². The molecule has 0 aliphatic rings. The number of hydrogen-bond donors (Lipinski definition) is 2. The van der Waals surface area contributed by atoms with Crippen LogP contribution < -0.4 is 9.47 Å². The van der Waals surface area contributed by atoms with Gasteiger partial charge in [0.1, 0.15) is 19.0 Å². The second kappa shape index (κ2) is 10.9. The minimum atomic E-state index is -4.94. The minimum absolute atomic E-state index is 0.0277. The average Bonchev–Trinajstić information content (AvgIpc) is 2.79. The van der Waals surface area contributed by atoms with Crippen LogP contribution in [-0.4, -0.2) is 48.8 Å². The topological polar surface area (TPSA) is 93.1 Å². The summed E-state index contributed by atoms with van der Waals surface area (Å²) < 4.78 is 81.2. The summed E-state index contributed by atoms with van der Waals surface area (Å²) in [4.78, 5) is 2.60. The van der Waals surface area contributed by atoms with E-state index in [2.05, 4.69) is 0 Å². The number of alkyl halides is 3. The van der Waals surface area contributed by atoms with E-state index in [1.54, 1.807) is 6.07 Å². The summed E-state index contributed by atoms with van der Waals surface area (Å²) in [5.74, 6) is -0.848. The molecule has 35 heavy (non-hydrogen) atoms. The highest BCUT2D eigenvalue weighted by Crippen LogP contribution is 2.38. The lowest BCUT2D eigenvalue weighted by Gasteiger charge is -2.26. The molecule has 0 aliphatic carbocycles. The van der Waals surface area contributed by atoms with Gasteiger partial charge >= 0.3 is 6.18 Å². The zero-order valence-electron chi connectivity index (χ0n) is 18.6. The van der Waals surface area contributed by atoms with Gasteiger partial charge in [-0.25, -0.2) is 0 Å². The zero-order valence-corrected chi connectivity index (χ0v) is 20.2. The molecule has 0 bridgehead atoms. The molecule has 0 aromatic heterocycles. The molecule has 3 aromatic carbocycles. The van der Waals surface area contributed by atoms with Crippen molar-refractivity contribution in [2.24, 2.45) is 0 Å². The van der Waals surface area contributed by atoms with Gasteiger partial charge < -0.3 is 14.6 Å².